The lowest BCUT2D eigenvalue weighted by Crippen LogP contribution is -2.01. The van der Waals surface area contributed by atoms with Gasteiger partial charge in [0.1, 0.15) is 12.4 Å². The Morgan fingerprint density at radius 1 is 1.36 bits per heavy atom. The quantitative estimate of drug-likeness (QED) is 0.749. The molecule has 1 aromatic rings. The summed E-state index contributed by atoms with van der Waals surface area (Å²) in [6.45, 7) is 9.47. The molecule has 1 rings (SSSR count). The predicted molar refractivity (Wildman–Crippen MR) is 55.8 cm³/mol. The van der Waals surface area contributed by atoms with E-state index in [1.807, 2.05) is 13.8 Å². The monoisotopic (exact) mass is 193 g/mol. The number of hydrogen-bond acceptors (Lipinski definition) is 3. The van der Waals surface area contributed by atoms with Crippen LogP contribution in [0.25, 0.3) is 0 Å². The molecule has 14 heavy (non-hydrogen) atoms. The number of aromatic hydroxyl groups is 1. The fourth-order valence-corrected chi connectivity index (χ4v) is 1.18. The second kappa shape index (κ2) is 4.13. The Balaban J connectivity index is 3.12. The smallest absolute Gasteiger partial charge is 0.217 e. The molecule has 0 saturated carbocycles. The van der Waals surface area contributed by atoms with Crippen molar-refractivity contribution in [3.05, 3.63) is 29.5 Å². The van der Waals surface area contributed by atoms with Crippen LogP contribution in [0.15, 0.2) is 12.7 Å². The van der Waals surface area contributed by atoms with E-state index in [0.717, 1.165) is 11.1 Å². The lowest BCUT2D eigenvalue weighted by Gasteiger charge is -2.11. The maximum atomic E-state index is 9.60. The van der Waals surface area contributed by atoms with Gasteiger partial charge >= 0.3 is 0 Å². The molecule has 0 fully saturated rings. The van der Waals surface area contributed by atoms with Crippen LogP contribution in [-0.4, -0.2) is 16.7 Å². The van der Waals surface area contributed by atoms with E-state index in [4.69, 9.17) is 4.74 Å². The summed E-state index contributed by atoms with van der Waals surface area (Å²) >= 11 is 0. The van der Waals surface area contributed by atoms with Crippen molar-refractivity contribution in [3.63, 3.8) is 0 Å². The van der Waals surface area contributed by atoms with Gasteiger partial charge in [0.15, 0.2) is 0 Å². The molecule has 1 heterocycles. The molecule has 0 aliphatic carbocycles. The van der Waals surface area contributed by atoms with Gasteiger partial charge in [-0.05, 0) is 20.8 Å². The Morgan fingerprint density at radius 3 is 2.57 bits per heavy atom. The average molecular weight is 193 g/mol. The summed E-state index contributed by atoms with van der Waals surface area (Å²) in [7, 11) is 0. The predicted octanol–water partition coefficient (Wildman–Crippen LogP) is 2.28. The van der Waals surface area contributed by atoms with E-state index >= 15 is 0 Å². The zero-order valence-corrected chi connectivity index (χ0v) is 8.79. The molecule has 0 atom stereocenters. The second-order valence-corrected chi connectivity index (χ2v) is 3.20. The first kappa shape index (κ1) is 10.6. The highest BCUT2D eigenvalue weighted by Crippen LogP contribution is 2.28. The molecule has 1 N–H and O–H groups in total. The van der Waals surface area contributed by atoms with Crippen molar-refractivity contribution < 1.29 is 9.84 Å². The fourth-order valence-electron chi connectivity index (χ4n) is 1.18. The first-order chi connectivity index (χ1) is 6.57. The third kappa shape index (κ3) is 1.87. The molecule has 0 saturated heterocycles. The Labute approximate surface area is 84.1 Å². The molecule has 0 amide bonds. The maximum absolute atomic E-state index is 9.60. The average Bonchev–Trinajstić information content (AvgIpc) is 2.18. The van der Waals surface area contributed by atoms with Crippen LogP contribution < -0.4 is 4.74 Å². The molecule has 0 aliphatic heterocycles. The molecule has 0 aliphatic rings. The minimum atomic E-state index is 0.244. The highest BCUT2D eigenvalue weighted by atomic mass is 16.5. The maximum Gasteiger partial charge on any atom is 0.217 e. The molecule has 76 valence electrons. The summed E-state index contributed by atoms with van der Waals surface area (Å²) in [6.07, 6.45) is 1.67. The highest BCUT2D eigenvalue weighted by molar-refractivity contribution is 5.45. The van der Waals surface area contributed by atoms with Crippen molar-refractivity contribution in [2.75, 3.05) is 6.61 Å². The standard InChI is InChI=1S/C11H15NO2/c1-5-6-14-11-8(3)7(2)10(13)9(4)12-11/h5,13H,1,6H2,2-4H3. The topological polar surface area (TPSA) is 42.4 Å². The van der Waals surface area contributed by atoms with Gasteiger partial charge in [-0.2, -0.15) is 0 Å². The molecule has 3 nitrogen and oxygen atoms in total. The van der Waals surface area contributed by atoms with Gasteiger partial charge in [0.2, 0.25) is 5.88 Å². The minimum absolute atomic E-state index is 0.244. The van der Waals surface area contributed by atoms with Crippen LogP contribution in [0.3, 0.4) is 0 Å². The van der Waals surface area contributed by atoms with Crippen molar-refractivity contribution in [2.45, 2.75) is 20.8 Å². The molecular formula is C11H15NO2. The van der Waals surface area contributed by atoms with Crippen LogP contribution in [-0.2, 0) is 0 Å². The minimum Gasteiger partial charge on any atom is -0.506 e. The molecule has 1 aromatic heterocycles. The van der Waals surface area contributed by atoms with Gasteiger partial charge in [0.05, 0.1) is 5.69 Å². The summed E-state index contributed by atoms with van der Waals surface area (Å²) in [6, 6.07) is 0. The van der Waals surface area contributed by atoms with Gasteiger partial charge in [-0.1, -0.05) is 12.7 Å². The number of aryl methyl sites for hydroxylation is 1. The van der Waals surface area contributed by atoms with Gasteiger partial charge < -0.3 is 9.84 Å². The molecule has 0 aromatic carbocycles. The third-order valence-electron chi connectivity index (χ3n) is 2.19. The lowest BCUT2D eigenvalue weighted by molar-refractivity contribution is 0.342. The van der Waals surface area contributed by atoms with E-state index in [9.17, 15) is 5.11 Å². The number of aromatic nitrogens is 1. The van der Waals surface area contributed by atoms with E-state index in [1.54, 1.807) is 13.0 Å². The van der Waals surface area contributed by atoms with Crippen LogP contribution in [0.5, 0.6) is 11.6 Å². The van der Waals surface area contributed by atoms with Crippen molar-refractivity contribution in [3.8, 4) is 11.6 Å². The van der Waals surface area contributed by atoms with E-state index in [1.165, 1.54) is 0 Å². The van der Waals surface area contributed by atoms with Gasteiger partial charge in [-0.3, -0.25) is 0 Å². The normalized spacial score (nSPS) is 9.93. The van der Waals surface area contributed by atoms with Crippen LogP contribution in [0.1, 0.15) is 16.8 Å². The fraction of sp³-hybridized carbons (Fsp3) is 0.364. The molecule has 0 bridgehead atoms. The summed E-state index contributed by atoms with van der Waals surface area (Å²) in [4.78, 5) is 4.15. The molecule has 0 unspecified atom stereocenters. The number of hydrogen-bond donors (Lipinski definition) is 1. The van der Waals surface area contributed by atoms with Gasteiger partial charge in [0, 0.05) is 11.1 Å². The van der Waals surface area contributed by atoms with E-state index in [-0.39, 0.29) is 5.75 Å². The second-order valence-electron chi connectivity index (χ2n) is 3.20. The summed E-state index contributed by atoms with van der Waals surface area (Å²) < 4.78 is 5.36. The van der Waals surface area contributed by atoms with Gasteiger partial charge in [0.25, 0.3) is 0 Å². The first-order valence-electron chi connectivity index (χ1n) is 4.48. The van der Waals surface area contributed by atoms with Gasteiger partial charge in [-0.25, -0.2) is 4.98 Å². The van der Waals surface area contributed by atoms with Gasteiger partial charge in [-0.15, -0.1) is 0 Å². The number of rotatable bonds is 3. The summed E-state index contributed by atoms with van der Waals surface area (Å²) in [5, 5.41) is 9.60. The van der Waals surface area contributed by atoms with Crippen molar-refractivity contribution in [1.29, 1.82) is 0 Å². The Morgan fingerprint density at radius 2 is 2.00 bits per heavy atom. The molecule has 0 radical (unpaired) electrons. The number of pyridine rings is 1. The van der Waals surface area contributed by atoms with E-state index < -0.39 is 0 Å². The molecule has 3 heteroatoms. The Hall–Kier alpha value is -1.51. The zero-order chi connectivity index (χ0) is 10.7. The summed E-state index contributed by atoms with van der Waals surface area (Å²) in [5.41, 5.74) is 2.28. The first-order valence-corrected chi connectivity index (χ1v) is 4.48. The number of ether oxygens (including phenoxy) is 1. The molecular weight excluding hydrogens is 178 g/mol. The van der Waals surface area contributed by atoms with Crippen LogP contribution >= 0.6 is 0 Å². The SMILES string of the molecule is C=CCOc1nc(C)c(O)c(C)c1C. The highest BCUT2D eigenvalue weighted by Gasteiger charge is 2.11. The number of nitrogens with zero attached hydrogens (tertiary/aromatic N) is 1. The molecule has 0 spiro atoms. The zero-order valence-electron chi connectivity index (χ0n) is 8.79. The van der Waals surface area contributed by atoms with Crippen LogP contribution in [0, 0.1) is 20.8 Å². The third-order valence-corrected chi connectivity index (χ3v) is 2.19. The summed E-state index contributed by atoms with van der Waals surface area (Å²) in [5.74, 6) is 0.811. The van der Waals surface area contributed by atoms with Crippen molar-refractivity contribution in [1.82, 2.24) is 4.98 Å². The Bertz CT molecular complexity index is 359. The van der Waals surface area contributed by atoms with Crippen LogP contribution in [0.4, 0.5) is 0 Å². The Kier molecular flexibility index (Phi) is 3.12. The van der Waals surface area contributed by atoms with Crippen molar-refractivity contribution >= 4 is 0 Å². The largest absolute Gasteiger partial charge is 0.506 e. The lowest BCUT2D eigenvalue weighted by atomic mass is 10.1. The van der Waals surface area contributed by atoms with Crippen molar-refractivity contribution in [2.24, 2.45) is 0 Å². The van der Waals surface area contributed by atoms with E-state index in [0.29, 0.717) is 18.2 Å². The van der Waals surface area contributed by atoms with Crippen LogP contribution in [0.2, 0.25) is 0 Å². The van der Waals surface area contributed by atoms with E-state index in [2.05, 4.69) is 11.6 Å².